The fourth-order valence-electron chi connectivity index (χ4n) is 1.77. The van der Waals surface area contributed by atoms with E-state index in [1.165, 1.54) is 18.4 Å². The Bertz CT molecular complexity index is 669. The molecule has 5 nitrogen and oxygen atoms in total. The van der Waals surface area contributed by atoms with Gasteiger partial charge in [0.1, 0.15) is 11.6 Å². The average molecular weight is 298 g/mol. The molecule has 0 radical (unpaired) electrons. The van der Waals surface area contributed by atoms with E-state index >= 15 is 0 Å². The summed E-state index contributed by atoms with van der Waals surface area (Å²) in [5.41, 5.74) is 0.501. The summed E-state index contributed by atoms with van der Waals surface area (Å²) in [7, 11) is -2.11. The molecule has 1 heterocycles. The predicted octanol–water partition coefficient (Wildman–Crippen LogP) is 1.62. The topological polar surface area (TPSA) is 71.3 Å². The third kappa shape index (κ3) is 3.44. The summed E-state index contributed by atoms with van der Waals surface area (Å²) in [5, 5.41) is 2.85. The van der Waals surface area contributed by atoms with Gasteiger partial charge >= 0.3 is 0 Å². The minimum absolute atomic E-state index is 0.0187. The third-order valence-electron chi connectivity index (χ3n) is 2.70. The lowest BCUT2D eigenvalue weighted by Crippen LogP contribution is -2.25. The van der Waals surface area contributed by atoms with Gasteiger partial charge in [0.15, 0.2) is 0 Å². The standard InChI is InChI=1S/C13H15FN2O3S/c1-15-8-10-4-5-11(14)7-13(10)20(17,18)16-9-12-3-2-6-19-12/h2-7,15-16H,8-9H2,1H3. The highest BCUT2D eigenvalue weighted by Gasteiger charge is 2.19. The molecule has 0 aliphatic heterocycles. The molecule has 0 spiro atoms. The van der Waals surface area contributed by atoms with E-state index in [9.17, 15) is 12.8 Å². The number of sulfonamides is 1. The van der Waals surface area contributed by atoms with E-state index < -0.39 is 15.8 Å². The fraction of sp³-hybridized carbons (Fsp3) is 0.231. The van der Waals surface area contributed by atoms with Gasteiger partial charge in [-0.2, -0.15) is 0 Å². The maximum absolute atomic E-state index is 13.3. The molecular formula is C13H15FN2O3S. The Morgan fingerprint density at radius 1 is 1.25 bits per heavy atom. The number of benzene rings is 1. The highest BCUT2D eigenvalue weighted by Crippen LogP contribution is 2.17. The van der Waals surface area contributed by atoms with Gasteiger partial charge < -0.3 is 9.73 Å². The van der Waals surface area contributed by atoms with Crippen LogP contribution in [0.25, 0.3) is 0 Å². The summed E-state index contributed by atoms with van der Waals surface area (Å²) in [6.07, 6.45) is 1.46. The van der Waals surface area contributed by atoms with E-state index in [0.717, 1.165) is 6.07 Å². The SMILES string of the molecule is CNCc1ccc(F)cc1S(=O)(=O)NCc1ccco1. The first-order valence-corrected chi connectivity index (χ1v) is 7.46. The van der Waals surface area contributed by atoms with E-state index in [0.29, 0.717) is 17.9 Å². The number of hydrogen-bond acceptors (Lipinski definition) is 4. The number of hydrogen-bond donors (Lipinski definition) is 2. The van der Waals surface area contributed by atoms with Gasteiger partial charge in [-0.25, -0.2) is 17.5 Å². The van der Waals surface area contributed by atoms with Gasteiger partial charge in [-0.05, 0) is 36.9 Å². The lowest BCUT2D eigenvalue weighted by Gasteiger charge is -2.11. The van der Waals surface area contributed by atoms with Gasteiger partial charge in [0.05, 0.1) is 17.7 Å². The highest BCUT2D eigenvalue weighted by atomic mass is 32.2. The molecule has 0 bridgehead atoms. The van der Waals surface area contributed by atoms with Crippen LogP contribution in [0, 0.1) is 5.82 Å². The number of rotatable bonds is 6. The summed E-state index contributed by atoms with van der Waals surface area (Å²) in [4.78, 5) is -0.0709. The van der Waals surface area contributed by atoms with Gasteiger partial charge in [0, 0.05) is 6.54 Å². The molecule has 0 saturated heterocycles. The van der Waals surface area contributed by atoms with Crippen LogP contribution in [-0.2, 0) is 23.1 Å². The molecular weight excluding hydrogens is 283 g/mol. The normalized spacial score (nSPS) is 11.7. The third-order valence-corrected chi connectivity index (χ3v) is 4.19. The first-order chi connectivity index (χ1) is 9.53. The van der Waals surface area contributed by atoms with Crippen molar-refractivity contribution in [2.24, 2.45) is 0 Å². The van der Waals surface area contributed by atoms with Crippen LogP contribution < -0.4 is 10.0 Å². The smallest absolute Gasteiger partial charge is 0.241 e. The first kappa shape index (κ1) is 14.7. The molecule has 20 heavy (non-hydrogen) atoms. The maximum atomic E-state index is 13.3. The Labute approximate surface area is 116 Å². The minimum Gasteiger partial charge on any atom is -0.468 e. The molecule has 7 heteroatoms. The Morgan fingerprint density at radius 2 is 2.05 bits per heavy atom. The van der Waals surface area contributed by atoms with Crippen LogP contribution in [-0.4, -0.2) is 15.5 Å². The van der Waals surface area contributed by atoms with Gasteiger partial charge in [0.25, 0.3) is 0 Å². The molecule has 0 unspecified atom stereocenters. The highest BCUT2D eigenvalue weighted by molar-refractivity contribution is 7.89. The molecule has 0 saturated carbocycles. The average Bonchev–Trinajstić information content (AvgIpc) is 2.92. The lowest BCUT2D eigenvalue weighted by atomic mass is 10.2. The van der Waals surface area contributed by atoms with Crippen molar-refractivity contribution in [2.75, 3.05) is 7.05 Å². The lowest BCUT2D eigenvalue weighted by molar-refractivity contribution is 0.498. The predicted molar refractivity (Wildman–Crippen MR) is 71.9 cm³/mol. The minimum atomic E-state index is -3.80. The van der Waals surface area contributed by atoms with E-state index in [2.05, 4.69) is 10.0 Å². The molecule has 0 atom stereocenters. The van der Waals surface area contributed by atoms with Crippen molar-refractivity contribution in [1.29, 1.82) is 0 Å². The molecule has 1 aromatic carbocycles. The zero-order chi connectivity index (χ0) is 14.6. The molecule has 108 valence electrons. The zero-order valence-electron chi connectivity index (χ0n) is 10.9. The molecule has 0 fully saturated rings. The Kier molecular flexibility index (Phi) is 4.53. The van der Waals surface area contributed by atoms with Crippen molar-refractivity contribution in [3.8, 4) is 0 Å². The van der Waals surface area contributed by atoms with Crippen molar-refractivity contribution >= 4 is 10.0 Å². The summed E-state index contributed by atoms with van der Waals surface area (Å²) >= 11 is 0. The Hall–Kier alpha value is -1.70. The van der Waals surface area contributed by atoms with E-state index in [1.54, 1.807) is 19.2 Å². The van der Waals surface area contributed by atoms with Crippen molar-refractivity contribution in [1.82, 2.24) is 10.0 Å². The second-order valence-corrected chi connectivity index (χ2v) is 5.92. The molecule has 2 rings (SSSR count). The van der Waals surface area contributed by atoms with Crippen molar-refractivity contribution in [3.05, 3.63) is 53.7 Å². The van der Waals surface area contributed by atoms with Gasteiger partial charge in [-0.15, -0.1) is 0 Å². The quantitative estimate of drug-likeness (QED) is 0.850. The largest absolute Gasteiger partial charge is 0.468 e. The van der Waals surface area contributed by atoms with Gasteiger partial charge in [0.2, 0.25) is 10.0 Å². The molecule has 0 aliphatic rings. The summed E-state index contributed by atoms with van der Waals surface area (Å²) in [6.45, 7) is 0.349. The van der Waals surface area contributed by atoms with Crippen molar-refractivity contribution in [2.45, 2.75) is 18.0 Å². The second-order valence-electron chi connectivity index (χ2n) is 4.19. The van der Waals surface area contributed by atoms with Crippen LogP contribution in [0.4, 0.5) is 4.39 Å². The van der Waals surface area contributed by atoms with Crippen LogP contribution in [0.2, 0.25) is 0 Å². The number of nitrogens with one attached hydrogen (secondary N) is 2. The van der Waals surface area contributed by atoms with Crippen molar-refractivity contribution in [3.63, 3.8) is 0 Å². The molecule has 2 aromatic rings. The van der Waals surface area contributed by atoms with Gasteiger partial charge in [-0.3, -0.25) is 0 Å². The first-order valence-electron chi connectivity index (χ1n) is 5.98. The maximum Gasteiger partial charge on any atom is 0.241 e. The van der Waals surface area contributed by atoms with E-state index in [4.69, 9.17) is 4.42 Å². The molecule has 0 amide bonds. The Morgan fingerprint density at radius 3 is 2.70 bits per heavy atom. The van der Waals surface area contributed by atoms with Crippen molar-refractivity contribution < 1.29 is 17.2 Å². The number of furan rings is 1. The van der Waals surface area contributed by atoms with Gasteiger partial charge in [-0.1, -0.05) is 6.07 Å². The van der Waals surface area contributed by atoms with Crippen LogP contribution in [0.15, 0.2) is 45.9 Å². The molecule has 1 aromatic heterocycles. The Balaban J connectivity index is 2.26. The summed E-state index contributed by atoms with van der Waals surface area (Å²) in [5.74, 6) is -0.108. The summed E-state index contributed by atoms with van der Waals surface area (Å²) in [6, 6.07) is 7.02. The zero-order valence-corrected chi connectivity index (χ0v) is 11.7. The van der Waals surface area contributed by atoms with Crippen LogP contribution in [0.5, 0.6) is 0 Å². The monoisotopic (exact) mass is 298 g/mol. The fourth-order valence-corrected chi connectivity index (χ4v) is 3.01. The van der Waals surface area contributed by atoms with E-state index in [1.807, 2.05) is 0 Å². The van der Waals surface area contributed by atoms with Crippen LogP contribution >= 0.6 is 0 Å². The second kappa shape index (κ2) is 6.17. The van der Waals surface area contributed by atoms with Crippen LogP contribution in [0.1, 0.15) is 11.3 Å². The van der Waals surface area contributed by atoms with Crippen LogP contribution in [0.3, 0.4) is 0 Å². The summed E-state index contributed by atoms with van der Waals surface area (Å²) < 4.78 is 45.2. The number of halogens is 1. The molecule has 2 N–H and O–H groups in total. The van der Waals surface area contributed by atoms with E-state index in [-0.39, 0.29) is 11.4 Å². The molecule has 0 aliphatic carbocycles.